The standard InChI is InChI=1S/C31H32N8O2/c1-6-28(40)39-21-8-11-26(39)22(15-21)23-9-10-24-29(37-23)30(34-16-33-24)36-20-7-12-27(18(2)13-20)41-19(3)14-25-31(32-4)38(5)17-35-25/h6-7,9-10,12-14,16-17,21-22,26H,1,4,8,11,15H2,2-3,5H3,(H,33,34,36)/b19-14+/t21-,22+,26+/m1/s1. The highest BCUT2D eigenvalue weighted by atomic mass is 16.5. The minimum Gasteiger partial charge on any atom is -0.462 e. The number of nitrogens with one attached hydrogen (secondary N) is 1. The molecule has 2 fully saturated rings. The number of aryl methyl sites for hydroxylation is 2. The molecule has 3 aromatic heterocycles. The Morgan fingerprint density at radius 1 is 1.20 bits per heavy atom. The maximum absolute atomic E-state index is 12.5. The minimum atomic E-state index is 0.00946. The molecule has 0 radical (unpaired) electrons. The van der Waals surface area contributed by atoms with Gasteiger partial charge < -0.3 is 19.5 Å². The molecular formula is C31H32N8O2. The molecule has 0 aliphatic carbocycles. The molecule has 2 saturated heterocycles. The Morgan fingerprint density at radius 2 is 2.05 bits per heavy atom. The van der Waals surface area contributed by atoms with Gasteiger partial charge in [-0.15, -0.1) is 0 Å². The number of carbonyl (C=O) groups is 1. The summed E-state index contributed by atoms with van der Waals surface area (Å²) in [4.78, 5) is 36.8. The molecule has 10 nitrogen and oxygen atoms in total. The lowest BCUT2D eigenvalue weighted by Crippen LogP contribution is -2.34. The van der Waals surface area contributed by atoms with E-state index in [-0.39, 0.29) is 23.9 Å². The fourth-order valence-corrected chi connectivity index (χ4v) is 6.12. The van der Waals surface area contributed by atoms with Crippen LogP contribution in [-0.2, 0) is 11.8 Å². The van der Waals surface area contributed by atoms with Gasteiger partial charge >= 0.3 is 0 Å². The van der Waals surface area contributed by atoms with E-state index in [0.717, 1.165) is 47.5 Å². The number of hydrogen-bond donors (Lipinski definition) is 1. The third kappa shape index (κ3) is 4.86. The summed E-state index contributed by atoms with van der Waals surface area (Å²) >= 11 is 0. The van der Waals surface area contributed by atoms with Gasteiger partial charge in [0.15, 0.2) is 11.6 Å². The summed E-state index contributed by atoms with van der Waals surface area (Å²) in [5, 5.41) is 3.42. The number of pyridine rings is 1. The predicted octanol–water partition coefficient (Wildman–Crippen LogP) is 5.62. The topological polar surface area (TPSA) is 110 Å². The normalized spacial score (nSPS) is 19.9. The number of hydrogen-bond acceptors (Lipinski definition) is 8. The minimum absolute atomic E-state index is 0.00946. The van der Waals surface area contributed by atoms with Crippen molar-refractivity contribution in [1.29, 1.82) is 0 Å². The maximum atomic E-state index is 12.5. The van der Waals surface area contributed by atoms with Crippen molar-refractivity contribution in [2.45, 2.75) is 51.1 Å². The summed E-state index contributed by atoms with van der Waals surface area (Å²) < 4.78 is 7.92. The fourth-order valence-electron chi connectivity index (χ4n) is 6.12. The summed E-state index contributed by atoms with van der Waals surface area (Å²) in [5.74, 6) is 2.93. The van der Waals surface area contributed by atoms with Crippen LogP contribution in [0.3, 0.4) is 0 Å². The van der Waals surface area contributed by atoms with Gasteiger partial charge in [-0.2, -0.15) is 0 Å². The summed E-state index contributed by atoms with van der Waals surface area (Å²) in [6.45, 7) is 11.2. The lowest BCUT2D eigenvalue weighted by molar-refractivity contribution is -0.127. The Balaban J connectivity index is 1.23. The number of amides is 1. The maximum Gasteiger partial charge on any atom is 0.246 e. The number of nitrogens with zero attached hydrogens (tertiary/aromatic N) is 7. The van der Waals surface area contributed by atoms with Crippen LogP contribution in [0.15, 0.2) is 66.4 Å². The van der Waals surface area contributed by atoms with Crippen LogP contribution in [0, 0.1) is 6.92 Å². The molecule has 5 heterocycles. The van der Waals surface area contributed by atoms with E-state index in [2.05, 4.69) is 38.6 Å². The molecule has 208 valence electrons. The van der Waals surface area contributed by atoms with Gasteiger partial charge in [0.05, 0.1) is 11.8 Å². The van der Waals surface area contributed by atoms with Crippen LogP contribution in [0.1, 0.15) is 49.1 Å². The highest BCUT2D eigenvalue weighted by molar-refractivity contribution is 5.89. The van der Waals surface area contributed by atoms with E-state index in [4.69, 9.17) is 9.72 Å². The van der Waals surface area contributed by atoms with Crippen molar-refractivity contribution in [3.05, 3.63) is 78.4 Å². The van der Waals surface area contributed by atoms with E-state index >= 15 is 0 Å². The number of carbonyl (C=O) groups excluding carboxylic acids is 1. The number of aromatic nitrogens is 5. The largest absolute Gasteiger partial charge is 0.462 e. The summed E-state index contributed by atoms with van der Waals surface area (Å²) in [5.41, 5.74) is 4.93. The molecule has 1 aromatic carbocycles. The molecule has 2 aliphatic rings. The van der Waals surface area contributed by atoms with Crippen molar-refractivity contribution in [2.24, 2.45) is 12.0 Å². The van der Waals surface area contributed by atoms with Crippen molar-refractivity contribution in [3.63, 3.8) is 0 Å². The van der Waals surface area contributed by atoms with Gasteiger partial charge in [-0.25, -0.2) is 24.9 Å². The lowest BCUT2D eigenvalue weighted by Gasteiger charge is -2.23. The van der Waals surface area contributed by atoms with E-state index < -0.39 is 0 Å². The molecule has 10 heteroatoms. The van der Waals surface area contributed by atoms with E-state index in [1.807, 2.05) is 66.8 Å². The average Bonchev–Trinajstić information content (AvgIpc) is 3.66. The molecular weight excluding hydrogens is 516 g/mol. The second kappa shape index (κ2) is 10.6. The zero-order chi connectivity index (χ0) is 28.7. The molecule has 2 bridgehead atoms. The number of rotatable bonds is 8. The van der Waals surface area contributed by atoms with Gasteiger partial charge in [-0.1, -0.05) is 6.58 Å². The Hall–Kier alpha value is -4.86. The molecule has 4 aromatic rings. The van der Waals surface area contributed by atoms with Crippen LogP contribution in [0.25, 0.3) is 17.1 Å². The number of benzene rings is 1. The van der Waals surface area contributed by atoms with Crippen LogP contribution in [-0.4, -0.2) is 54.1 Å². The lowest BCUT2D eigenvalue weighted by atomic mass is 9.86. The van der Waals surface area contributed by atoms with E-state index in [1.165, 1.54) is 12.4 Å². The van der Waals surface area contributed by atoms with Gasteiger partial charge in [0.2, 0.25) is 5.91 Å². The molecule has 0 unspecified atom stereocenters. The SMILES string of the molecule is C=CC(=O)N1[C@@H]2CC[C@H]1[C@H](c1ccc3ncnc(Nc4ccc(O/C(C)=C/c5ncn(C)c5N=C)c(C)c4)c3n1)C2. The second-order valence-electron chi connectivity index (χ2n) is 10.6. The van der Waals surface area contributed by atoms with Gasteiger partial charge in [0.1, 0.15) is 29.0 Å². The molecule has 3 atom stereocenters. The van der Waals surface area contributed by atoms with Gasteiger partial charge in [-0.05, 0) is 81.8 Å². The molecule has 1 N–H and O–H groups in total. The summed E-state index contributed by atoms with van der Waals surface area (Å²) in [6, 6.07) is 10.3. The number of aliphatic imine (C=N–C) groups is 1. The van der Waals surface area contributed by atoms with Crippen molar-refractivity contribution in [1.82, 2.24) is 29.4 Å². The predicted molar refractivity (Wildman–Crippen MR) is 160 cm³/mol. The van der Waals surface area contributed by atoms with Crippen molar-refractivity contribution < 1.29 is 9.53 Å². The second-order valence-corrected chi connectivity index (χ2v) is 10.6. The Morgan fingerprint density at radius 3 is 2.83 bits per heavy atom. The van der Waals surface area contributed by atoms with Gasteiger partial charge in [0, 0.05) is 42.5 Å². The van der Waals surface area contributed by atoms with Crippen molar-refractivity contribution in [2.75, 3.05) is 5.32 Å². The zero-order valence-electron chi connectivity index (χ0n) is 23.4. The highest BCUT2D eigenvalue weighted by Crippen LogP contribution is 2.46. The quantitative estimate of drug-likeness (QED) is 0.173. The van der Waals surface area contributed by atoms with E-state index in [9.17, 15) is 4.79 Å². The molecule has 6 rings (SSSR count). The third-order valence-electron chi connectivity index (χ3n) is 7.98. The first-order valence-electron chi connectivity index (χ1n) is 13.6. The fraction of sp³-hybridized carbons (Fsp3) is 0.290. The number of allylic oxidation sites excluding steroid dienone is 1. The van der Waals surface area contributed by atoms with Crippen LogP contribution in [0.2, 0.25) is 0 Å². The highest BCUT2D eigenvalue weighted by Gasteiger charge is 2.48. The molecule has 1 amide bonds. The monoisotopic (exact) mass is 548 g/mol. The van der Waals surface area contributed by atoms with Crippen molar-refractivity contribution >= 4 is 47.1 Å². The number of fused-ring (bicyclic) bond motifs is 3. The van der Waals surface area contributed by atoms with Crippen LogP contribution < -0.4 is 10.1 Å². The first kappa shape index (κ1) is 26.4. The molecule has 41 heavy (non-hydrogen) atoms. The van der Waals surface area contributed by atoms with Crippen LogP contribution in [0.4, 0.5) is 17.3 Å². The van der Waals surface area contributed by atoms with Crippen LogP contribution in [0.5, 0.6) is 5.75 Å². The molecule has 2 aliphatic heterocycles. The first-order valence-corrected chi connectivity index (χ1v) is 13.6. The Bertz CT molecular complexity index is 1710. The molecule has 0 spiro atoms. The Labute approximate surface area is 238 Å². The summed E-state index contributed by atoms with van der Waals surface area (Å²) in [6.07, 6.45) is 9.44. The smallest absolute Gasteiger partial charge is 0.246 e. The van der Waals surface area contributed by atoms with E-state index in [0.29, 0.717) is 28.6 Å². The number of imidazole rings is 1. The first-order chi connectivity index (χ1) is 19.9. The third-order valence-corrected chi connectivity index (χ3v) is 7.98. The number of ether oxygens (including phenoxy) is 1. The van der Waals surface area contributed by atoms with E-state index in [1.54, 1.807) is 6.33 Å². The van der Waals surface area contributed by atoms with Crippen molar-refractivity contribution in [3.8, 4) is 5.75 Å². The average molecular weight is 549 g/mol. The zero-order valence-corrected chi connectivity index (χ0v) is 23.4. The van der Waals surface area contributed by atoms with Gasteiger partial charge in [0.25, 0.3) is 0 Å². The Kier molecular flexibility index (Phi) is 6.82. The van der Waals surface area contributed by atoms with Gasteiger partial charge in [-0.3, -0.25) is 4.79 Å². The van der Waals surface area contributed by atoms with Crippen LogP contribution >= 0.6 is 0 Å². The number of anilines is 2. The molecule has 0 saturated carbocycles. The summed E-state index contributed by atoms with van der Waals surface area (Å²) in [7, 11) is 1.87.